The molecule has 2 unspecified atom stereocenters. The Hall–Kier alpha value is -4.82. The molecule has 58 heavy (non-hydrogen) atoms. The zero-order chi connectivity index (χ0) is 41.1. The second-order valence-electron chi connectivity index (χ2n) is 13.4. The van der Waals surface area contributed by atoms with E-state index >= 15 is 0 Å². The Morgan fingerprint density at radius 2 is 1.09 bits per heavy atom. The minimum Gasteiger partial charge on any atom is -0.391 e. The second kappa shape index (κ2) is 20.2. The number of aliphatic hydroxyl groups excluding tert-OH is 2. The molecule has 2 N–H and O–H groups in total. The van der Waals surface area contributed by atoms with Crippen LogP contribution in [-0.2, 0) is 9.84 Å². The van der Waals surface area contributed by atoms with Crippen molar-refractivity contribution < 1.29 is 18.6 Å². The fourth-order valence-electron chi connectivity index (χ4n) is 5.78. The Morgan fingerprint density at radius 1 is 0.655 bits per heavy atom. The van der Waals surface area contributed by atoms with Crippen molar-refractivity contribution in [1.29, 1.82) is 0 Å². The fraction of sp³-hybridized carbons (Fsp3) is 0.174. The van der Waals surface area contributed by atoms with E-state index in [1.807, 2.05) is 43.4 Å². The molecule has 0 bridgehead atoms. The number of thioether (sulfide) groups is 2. The van der Waals surface area contributed by atoms with Crippen LogP contribution in [0.4, 0.5) is 11.4 Å². The fourth-order valence-corrected chi connectivity index (χ4v) is 9.09. The van der Waals surface area contributed by atoms with Crippen molar-refractivity contribution in [3.05, 3.63) is 169 Å². The minimum atomic E-state index is -3.88. The molecule has 4 aromatic carbocycles. The van der Waals surface area contributed by atoms with Crippen LogP contribution in [0.5, 0.6) is 0 Å². The van der Waals surface area contributed by atoms with Gasteiger partial charge in [0.15, 0.2) is 0 Å². The third kappa shape index (κ3) is 11.4. The van der Waals surface area contributed by atoms with Crippen molar-refractivity contribution >= 4 is 68.9 Å². The third-order valence-electron chi connectivity index (χ3n) is 9.25. The highest BCUT2D eigenvalue weighted by Crippen LogP contribution is 2.32. The quantitative estimate of drug-likeness (QED) is 0.0542. The van der Waals surface area contributed by atoms with Gasteiger partial charge in [0, 0.05) is 36.5 Å². The van der Waals surface area contributed by atoms with E-state index in [0.717, 1.165) is 32.1 Å². The molecule has 6 rings (SSSR count). The molecule has 2 atom stereocenters. The van der Waals surface area contributed by atoms with E-state index in [9.17, 15) is 18.6 Å². The van der Waals surface area contributed by atoms with Gasteiger partial charge in [-0.15, -0.1) is 23.5 Å². The zero-order valence-electron chi connectivity index (χ0n) is 32.4. The van der Waals surface area contributed by atoms with Gasteiger partial charge in [-0.25, -0.2) is 8.42 Å². The van der Waals surface area contributed by atoms with Crippen molar-refractivity contribution in [2.45, 2.75) is 54.9 Å². The van der Waals surface area contributed by atoms with Crippen LogP contribution in [0.15, 0.2) is 209 Å². The number of anilines is 2. The summed E-state index contributed by atoms with van der Waals surface area (Å²) in [5.74, 6) is 0.429. The van der Waals surface area contributed by atoms with Gasteiger partial charge < -0.3 is 10.2 Å². The van der Waals surface area contributed by atoms with E-state index < -0.39 is 22.0 Å². The van der Waals surface area contributed by atoms with E-state index in [0.29, 0.717) is 23.5 Å². The number of rotatable bonds is 19. The summed E-state index contributed by atoms with van der Waals surface area (Å²) >= 11 is 4.99. The van der Waals surface area contributed by atoms with E-state index in [1.165, 1.54) is 9.79 Å². The van der Waals surface area contributed by atoms with Gasteiger partial charge in [0.05, 0.1) is 58.9 Å². The molecule has 0 radical (unpaired) electrons. The Labute approximate surface area is 354 Å². The van der Waals surface area contributed by atoms with E-state index in [2.05, 4.69) is 73.0 Å². The molecular weight excluding hydrogens is 801 g/mol. The number of hydrogen-bond donors (Lipinski definition) is 2. The highest BCUT2D eigenvalue weighted by Gasteiger charge is 2.21. The van der Waals surface area contributed by atoms with Gasteiger partial charge in [0.25, 0.3) is 0 Å². The molecule has 0 saturated heterocycles. The second-order valence-corrected chi connectivity index (χ2v) is 18.5. The van der Waals surface area contributed by atoms with Crippen molar-refractivity contribution in [2.24, 2.45) is 10.2 Å². The van der Waals surface area contributed by atoms with Crippen molar-refractivity contribution in [3.8, 4) is 0 Å². The first kappa shape index (κ1) is 42.8. The van der Waals surface area contributed by atoms with Gasteiger partial charge in [-0.05, 0) is 121 Å². The van der Waals surface area contributed by atoms with Gasteiger partial charge in [-0.3, -0.25) is 10.0 Å². The molecule has 8 nitrogen and oxygen atoms in total. The smallest absolute Gasteiger partial charge is 0.206 e. The Morgan fingerprint density at radius 3 is 1.50 bits per heavy atom. The summed E-state index contributed by atoms with van der Waals surface area (Å²) in [6.07, 6.45) is 16.0. The molecule has 0 spiro atoms. The molecule has 0 fully saturated rings. The number of hydrazone groups is 2. The summed E-state index contributed by atoms with van der Waals surface area (Å²) in [6.45, 7) is 10.4. The number of allylic oxidation sites excluding steroid dienone is 10. The van der Waals surface area contributed by atoms with Crippen LogP contribution >= 0.6 is 35.3 Å². The highest BCUT2D eigenvalue weighted by molar-refractivity contribution is 8.00. The zero-order valence-corrected chi connectivity index (χ0v) is 35.7. The number of aliphatic hydroxyl groups is 2. The lowest BCUT2D eigenvalue weighted by atomic mass is 10.2. The van der Waals surface area contributed by atoms with Gasteiger partial charge in [-0.1, -0.05) is 68.3 Å². The first-order chi connectivity index (χ1) is 28.0. The standard InChI is InChI=1S/C46H46N4O4S4/c1-5-39(51)30-49(47-28-35-10-6-8-33(35)2)37-12-24-45(25-13-37)58(53,54)46-26-14-38(15-27-46)50(48-29-36-11-7-9-34(36)3)31-40(52)32-56-42-18-22-44(23-19-42)57-43-20-16-41(55-4)17-21-43/h6-29,39-40,51-52H,2-3,5,30-32H2,1,4H3/b47-28+,48-29+. The summed E-state index contributed by atoms with van der Waals surface area (Å²) in [7, 11) is -3.88. The van der Waals surface area contributed by atoms with Crippen LogP contribution in [0.3, 0.4) is 0 Å². The van der Waals surface area contributed by atoms with Crippen LogP contribution in [0.2, 0.25) is 0 Å². The molecule has 0 amide bonds. The van der Waals surface area contributed by atoms with Crippen LogP contribution in [0.1, 0.15) is 13.3 Å². The molecular formula is C46H46N4O4S4. The van der Waals surface area contributed by atoms with Crippen LogP contribution < -0.4 is 10.0 Å². The normalized spacial score (nSPS) is 15.0. The van der Waals surface area contributed by atoms with E-state index in [-0.39, 0.29) is 22.9 Å². The molecule has 0 aromatic heterocycles. The Balaban J connectivity index is 1.12. The van der Waals surface area contributed by atoms with Crippen LogP contribution in [-0.4, -0.2) is 68.4 Å². The SMILES string of the molecule is C=C1C=CC=C1/C=N/N(CC(O)CC)c1ccc(S(=O)(=O)c2ccc(N(CC(O)CSc3ccc(Sc4ccc(SC)cc4)cc3)/N=C/C3=CC=CC3=C)cc2)cc1. The molecule has 2 aliphatic rings. The summed E-state index contributed by atoms with van der Waals surface area (Å²) in [5, 5.41) is 34.3. The monoisotopic (exact) mass is 846 g/mol. The van der Waals surface area contributed by atoms with Crippen LogP contribution in [0, 0.1) is 0 Å². The number of benzene rings is 4. The van der Waals surface area contributed by atoms with Gasteiger partial charge in [-0.2, -0.15) is 10.2 Å². The first-order valence-corrected chi connectivity index (χ1v) is 23.2. The molecule has 0 heterocycles. The summed E-state index contributed by atoms with van der Waals surface area (Å²) in [4.78, 5) is 4.84. The molecule has 298 valence electrons. The number of hydrogen-bond acceptors (Lipinski definition) is 11. The largest absolute Gasteiger partial charge is 0.391 e. The topological polar surface area (TPSA) is 106 Å². The van der Waals surface area contributed by atoms with Crippen molar-refractivity contribution in [3.63, 3.8) is 0 Å². The van der Waals surface area contributed by atoms with Crippen molar-refractivity contribution in [2.75, 3.05) is 35.1 Å². The van der Waals surface area contributed by atoms with Gasteiger partial charge in [0.1, 0.15) is 0 Å². The Kier molecular flexibility index (Phi) is 14.9. The van der Waals surface area contributed by atoms with Gasteiger partial charge >= 0.3 is 0 Å². The maximum atomic E-state index is 13.8. The molecule has 0 saturated carbocycles. The minimum absolute atomic E-state index is 0.120. The maximum Gasteiger partial charge on any atom is 0.206 e. The Bertz CT molecular complexity index is 2370. The summed E-state index contributed by atoms with van der Waals surface area (Å²) in [6, 6.07) is 29.8. The highest BCUT2D eigenvalue weighted by atomic mass is 32.2. The molecule has 0 aliphatic heterocycles. The summed E-state index contributed by atoms with van der Waals surface area (Å²) in [5.41, 5.74) is 4.64. The average molecular weight is 847 g/mol. The third-order valence-corrected chi connectivity index (χ3v) is 14.0. The maximum absolute atomic E-state index is 13.8. The molecule has 2 aliphatic carbocycles. The average Bonchev–Trinajstić information content (AvgIpc) is 3.86. The lowest BCUT2D eigenvalue weighted by molar-refractivity contribution is 0.176. The number of sulfone groups is 1. The van der Waals surface area contributed by atoms with E-state index in [4.69, 9.17) is 5.10 Å². The van der Waals surface area contributed by atoms with Crippen molar-refractivity contribution in [1.82, 2.24) is 0 Å². The van der Waals surface area contributed by atoms with Gasteiger partial charge in [0.2, 0.25) is 9.84 Å². The van der Waals surface area contributed by atoms with Crippen LogP contribution in [0.25, 0.3) is 0 Å². The number of nitrogens with zero attached hydrogens (tertiary/aromatic N) is 4. The summed E-state index contributed by atoms with van der Waals surface area (Å²) < 4.78 is 27.6. The lowest BCUT2D eigenvalue weighted by Gasteiger charge is -2.23. The molecule has 12 heteroatoms. The van der Waals surface area contributed by atoms with E-state index in [1.54, 1.807) is 106 Å². The predicted molar refractivity (Wildman–Crippen MR) is 245 cm³/mol. The predicted octanol–water partition coefficient (Wildman–Crippen LogP) is 10.0. The lowest BCUT2D eigenvalue weighted by Crippen LogP contribution is -2.30. The first-order valence-electron chi connectivity index (χ1n) is 18.7. The molecule has 4 aromatic rings.